The van der Waals surface area contributed by atoms with Crippen LogP contribution in [-0.2, 0) is 6.18 Å². The molecule has 1 rings (SSSR count). The van der Waals surface area contributed by atoms with Crippen LogP contribution in [0.1, 0.15) is 5.69 Å². The van der Waals surface area contributed by atoms with Crippen molar-refractivity contribution in [2.24, 2.45) is 0 Å². The zero-order valence-corrected chi connectivity index (χ0v) is 5.07. The lowest BCUT2D eigenvalue weighted by Crippen LogP contribution is -2.14. The van der Waals surface area contributed by atoms with Crippen molar-refractivity contribution in [2.45, 2.75) is 6.18 Å². The predicted molar refractivity (Wildman–Crippen MR) is 28.7 cm³/mol. The van der Waals surface area contributed by atoms with Crippen LogP contribution < -0.4 is 5.56 Å². The molecule has 0 aromatic carbocycles. The van der Waals surface area contributed by atoms with Gasteiger partial charge in [0.2, 0.25) is 0 Å². The summed E-state index contributed by atoms with van der Waals surface area (Å²) >= 11 is 0. The Labute approximate surface area is 58.9 Å². The van der Waals surface area contributed by atoms with Gasteiger partial charge in [-0.05, 0) is 0 Å². The normalized spacial score (nSPS) is 11.5. The lowest BCUT2D eigenvalue weighted by molar-refractivity contribution is -0.141. The van der Waals surface area contributed by atoms with E-state index in [0.717, 1.165) is 0 Å². The highest BCUT2D eigenvalue weighted by molar-refractivity contribution is 5.01. The van der Waals surface area contributed by atoms with Gasteiger partial charge in [-0.15, -0.1) is 0 Å². The Morgan fingerprint density at radius 1 is 1.55 bits per heavy atom. The maximum atomic E-state index is 11.7. The molecular formula is C5H2F3N2O. The van der Waals surface area contributed by atoms with Crippen molar-refractivity contribution in [1.82, 2.24) is 9.97 Å². The van der Waals surface area contributed by atoms with Crippen LogP contribution in [0, 0.1) is 6.33 Å². The number of H-pyrrole nitrogens is 1. The van der Waals surface area contributed by atoms with Gasteiger partial charge in [-0.3, -0.25) is 4.79 Å². The van der Waals surface area contributed by atoms with Crippen molar-refractivity contribution in [1.29, 1.82) is 0 Å². The fourth-order valence-corrected chi connectivity index (χ4v) is 0.481. The third-order valence-corrected chi connectivity index (χ3v) is 0.914. The van der Waals surface area contributed by atoms with Crippen molar-refractivity contribution in [3.63, 3.8) is 0 Å². The number of halogens is 3. The average Bonchev–Trinajstić information content (AvgIpc) is 1.86. The molecule has 1 heterocycles. The number of rotatable bonds is 0. The number of alkyl halides is 3. The van der Waals surface area contributed by atoms with Crippen LogP contribution in [0.5, 0.6) is 0 Å². The van der Waals surface area contributed by atoms with E-state index in [9.17, 15) is 18.0 Å². The molecule has 0 aliphatic rings. The first-order valence-electron chi connectivity index (χ1n) is 2.55. The van der Waals surface area contributed by atoms with Crippen LogP contribution >= 0.6 is 0 Å². The van der Waals surface area contributed by atoms with Gasteiger partial charge in [0.25, 0.3) is 5.56 Å². The molecule has 0 aliphatic carbocycles. The number of hydrogen-bond acceptors (Lipinski definition) is 2. The van der Waals surface area contributed by atoms with E-state index in [1.807, 2.05) is 4.98 Å². The molecule has 0 atom stereocenters. The van der Waals surface area contributed by atoms with E-state index in [4.69, 9.17) is 0 Å². The molecule has 0 saturated heterocycles. The van der Waals surface area contributed by atoms with Gasteiger partial charge < -0.3 is 4.98 Å². The summed E-state index contributed by atoms with van der Waals surface area (Å²) in [5.41, 5.74) is -2.10. The largest absolute Gasteiger partial charge is 0.433 e. The van der Waals surface area contributed by atoms with Gasteiger partial charge >= 0.3 is 6.18 Å². The minimum Gasteiger partial charge on any atom is -0.304 e. The van der Waals surface area contributed by atoms with E-state index < -0.39 is 17.4 Å². The first-order valence-corrected chi connectivity index (χ1v) is 2.55. The molecule has 0 unspecified atom stereocenters. The molecule has 3 nitrogen and oxygen atoms in total. The summed E-state index contributed by atoms with van der Waals surface area (Å²) in [4.78, 5) is 15.0. The van der Waals surface area contributed by atoms with Crippen LogP contribution in [0.15, 0.2) is 10.9 Å². The van der Waals surface area contributed by atoms with Crippen LogP contribution in [-0.4, -0.2) is 9.97 Å². The van der Waals surface area contributed by atoms with Crippen LogP contribution in [0.25, 0.3) is 0 Å². The van der Waals surface area contributed by atoms with Crippen molar-refractivity contribution in [3.8, 4) is 0 Å². The first kappa shape index (κ1) is 7.77. The minimum absolute atomic E-state index is 0.372. The van der Waals surface area contributed by atoms with Crippen LogP contribution in [0.2, 0.25) is 0 Å². The first-order chi connectivity index (χ1) is 5.00. The molecule has 11 heavy (non-hydrogen) atoms. The zero-order valence-electron chi connectivity index (χ0n) is 5.07. The summed E-state index contributed by atoms with van der Waals surface area (Å²) in [5.74, 6) is 0. The fourth-order valence-electron chi connectivity index (χ4n) is 0.481. The molecule has 0 fully saturated rings. The highest BCUT2D eigenvalue weighted by Crippen LogP contribution is 2.25. The molecule has 0 amide bonds. The second-order valence-corrected chi connectivity index (χ2v) is 1.74. The lowest BCUT2D eigenvalue weighted by Gasteiger charge is -2.01. The van der Waals surface area contributed by atoms with Gasteiger partial charge in [0, 0.05) is 6.07 Å². The van der Waals surface area contributed by atoms with E-state index in [1.54, 1.807) is 6.33 Å². The Bertz CT molecular complexity index is 303. The quantitative estimate of drug-likeness (QED) is 0.608. The Morgan fingerprint density at radius 3 is 2.55 bits per heavy atom. The van der Waals surface area contributed by atoms with E-state index in [1.165, 1.54) is 0 Å². The van der Waals surface area contributed by atoms with E-state index in [-0.39, 0.29) is 0 Å². The molecule has 0 bridgehead atoms. The third-order valence-electron chi connectivity index (χ3n) is 0.914. The van der Waals surface area contributed by atoms with Crippen molar-refractivity contribution >= 4 is 0 Å². The lowest BCUT2D eigenvalue weighted by atomic mass is 10.4. The molecule has 0 aliphatic heterocycles. The highest BCUT2D eigenvalue weighted by atomic mass is 19.4. The second-order valence-electron chi connectivity index (χ2n) is 1.74. The summed E-state index contributed by atoms with van der Waals surface area (Å²) in [6.45, 7) is 0. The summed E-state index contributed by atoms with van der Waals surface area (Å²) in [6, 6.07) is 0.372. The Morgan fingerprint density at radius 2 is 2.18 bits per heavy atom. The Balaban J connectivity index is 3.16. The Kier molecular flexibility index (Phi) is 1.67. The van der Waals surface area contributed by atoms with Crippen molar-refractivity contribution in [2.75, 3.05) is 0 Å². The molecule has 1 aromatic rings. The summed E-state index contributed by atoms with van der Waals surface area (Å²) in [6.07, 6.45) is -2.85. The Hall–Kier alpha value is -1.33. The van der Waals surface area contributed by atoms with Gasteiger partial charge in [-0.25, -0.2) is 4.98 Å². The topological polar surface area (TPSA) is 45.8 Å². The van der Waals surface area contributed by atoms with Gasteiger partial charge in [-0.1, -0.05) is 0 Å². The maximum absolute atomic E-state index is 11.7. The van der Waals surface area contributed by atoms with E-state index >= 15 is 0 Å². The van der Waals surface area contributed by atoms with Crippen LogP contribution in [0.4, 0.5) is 13.2 Å². The minimum atomic E-state index is -4.58. The smallest absolute Gasteiger partial charge is 0.304 e. The predicted octanol–water partition coefficient (Wildman–Crippen LogP) is 0.589. The standard InChI is InChI=1S/C5H2F3N2O/c6-5(7,8)3-1-4(11)10-2-9-3/h1H,(H,9,10,11). The molecule has 0 saturated carbocycles. The second kappa shape index (κ2) is 2.37. The average molecular weight is 163 g/mol. The van der Waals surface area contributed by atoms with E-state index in [0.29, 0.717) is 6.07 Å². The van der Waals surface area contributed by atoms with Gasteiger partial charge in [0.05, 0.1) is 0 Å². The fraction of sp³-hybridized carbons (Fsp3) is 0.200. The molecule has 1 aromatic heterocycles. The monoisotopic (exact) mass is 163 g/mol. The molecule has 6 heteroatoms. The summed E-state index contributed by atoms with van der Waals surface area (Å²) < 4.78 is 35.2. The molecule has 59 valence electrons. The molecule has 1 N–H and O–H groups in total. The summed E-state index contributed by atoms with van der Waals surface area (Å²) in [7, 11) is 0. The molecule has 1 radical (unpaired) electrons. The van der Waals surface area contributed by atoms with E-state index in [2.05, 4.69) is 4.98 Å². The van der Waals surface area contributed by atoms with Gasteiger partial charge in [-0.2, -0.15) is 13.2 Å². The molecular weight excluding hydrogens is 161 g/mol. The number of nitrogens with zero attached hydrogens (tertiary/aromatic N) is 1. The van der Waals surface area contributed by atoms with Crippen molar-refractivity contribution in [3.05, 3.63) is 28.4 Å². The maximum Gasteiger partial charge on any atom is 0.433 e. The van der Waals surface area contributed by atoms with Crippen molar-refractivity contribution < 1.29 is 13.2 Å². The number of aromatic nitrogens is 2. The molecule has 0 spiro atoms. The SMILES string of the molecule is O=c1cc(C(F)(F)F)n[c][nH]1. The van der Waals surface area contributed by atoms with Gasteiger partial charge in [0.1, 0.15) is 0 Å². The zero-order chi connectivity index (χ0) is 8.48. The highest BCUT2D eigenvalue weighted by Gasteiger charge is 2.32. The number of hydrogen-bond donors (Lipinski definition) is 1. The van der Waals surface area contributed by atoms with Crippen LogP contribution in [0.3, 0.4) is 0 Å². The summed E-state index contributed by atoms with van der Waals surface area (Å²) in [5, 5.41) is 0. The number of nitrogens with one attached hydrogen (secondary N) is 1. The number of aromatic amines is 1. The van der Waals surface area contributed by atoms with Gasteiger partial charge in [0.15, 0.2) is 12.0 Å². The third kappa shape index (κ3) is 1.79.